The van der Waals surface area contributed by atoms with Gasteiger partial charge in [-0.3, -0.25) is 0 Å². The summed E-state index contributed by atoms with van der Waals surface area (Å²) in [6.07, 6.45) is 0. The van der Waals surface area contributed by atoms with E-state index in [9.17, 15) is 4.39 Å². The lowest BCUT2D eigenvalue weighted by atomic mass is 10.1. The van der Waals surface area contributed by atoms with Crippen molar-refractivity contribution < 1.29 is 4.39 Å². The van der Waals surface area contributed by atoms with Crippen molar-refractivity contribution in [1.29, 1.82) is 0 Å². The van der Waals surface area contributed by atoms with E-state index in [4.69, 9.17) is 5.73 Å². The first kappa shape index (κ1) is 14.0. The van der Waals surface area contributed by atoms with Crippen molar-refractivity contribution in [3.63, 3.8) is 0 Å². The van der Waals surface area contributed by atoms with Crippen molar-refractivity contribution in [3.8, 4) is 0 Å². The predicted octanol–water partition coefficient (Wildman–Crippen LogP) is 3.68. The van der Waals surface area contributed by atoms with Gasteiger partial charge in [0.2, 0.25) is 0 Å². The van der Waals surface area contributed by atoms with E-state index in [1.54, 1.807) is 6.07 Å². The maximum atomic E-state index is 13.2. The summed E-state index contributed by atoms with van der Waals surface area (Å²) in [7, 11) is 1.98. The van der Waals surface area contributed by atoms with Gasteiger partial charge in [0.15, 0.2) is 0 Å². The second-order valence-corrected chi connectivity index (χ2v) is 5.28. The van der Waals surface area contributed by atoms with Crippen molar-refractivity contribution in [3.05, 3.63) is 63.9 Å². The molecule has 0 aliphatic rings. The first-order valence-corrected chi connectivity index (χ1v) is 6.84. The summed E-state index contributed by atoms with van der Waals surface area (Å²) in [4.78, 5) is 2.07. The van der Waals surface area contributed by atoms with Gasteiger partial charge in [-0.25, -0.2) is 4.39 Å². The van der Waals surface area contributed by atoms with Crippen LogP contribution in [0.3, 0.4) is 0 Å². The fourth-order valence-corrected chi connectivity index (χ4v) is 2.47. The number of nitrogens with zero attached hydrogens (tertiary/aromatic N) is 1. The number of halogens is 2. The molecule has 0 unspecified atom stereocenters. The Morgan fingerprint density at radius 3 is 2.58 bits per heavy atom. The Kier molecular flexibility index (Phi) is 4.56. The molecule has 2 aromatic rings. The molecule has 0 fully saturated rings. The molecule has 2 aromatic carbocycles. The zero-order chi connectivity index (χ0) is 13.8. The monoisotopic (exact) mass is 322 g/mol. The maximum Gasteiger partial charge on any atom is 0.123 e. The van der Waals surface area contributed by atoms with Crippen LogP contribution >= 0.6 is 15.9 Å². The van der Waals surface area contributed by atoms with Crippen LogP contribution in [0.25, 0.3) is 0 Å². The number of rotatable bonds is 4. The lowest BCUT2D eigenvalue weighted by Gasteiger charge is -2.23. The molecule has 0 radical (unpaired) electrons. The van der Waals surface area contributed by atoms with E-state index in [1.807, 2.05) is 25.2 Å². The van der Waals surface area contributed by atoms with Crippen molar-refractivity contribution >= 4 is 21.6 Å². The van der Waals surface area contributed by atoms with Crippen LogP contribution in [0.2, 0.25) is 0 Å². The van der Waals surface area contributed by atoms with Crippen LogP contribution in [0.15, 0.2) is 46.9 Å². The molecular formula is C15H16BrFN2. The van der Waals surface area contributed by atoms with E-state index in [1.165, 1.54) is 17.7 Å². The Hall–Kier alpha value is -1.39. The maximum absolute atomic E-state index is 13.2. The minimum absolute atomic E-state index is 0.251. The second-order valence-electron chi connectivity index (χ2n) is 4.42. The highest BCUT2D eigenvalue weighted by Crippen LogP contribution is 2.24. The van der Waals surface area contributed by atoms with Crippen LogP contribution in [-0.4, -0.2) is 7.05 Å². The summed E-state index contributed by atoms with van der Waals surface area (Å²) in [5, 5.41) is 0. The lowest BCUT2D eigenvalue weighted by molar-refractivity contribution is 0.625. The van der Waals surface area contributed by atoms with Crippen LogP contribution < -0.4 is 10.6 Å². The van der Waals surface area contributed by atoms with E-state index in [0.717, 1.165) is 22.3 Å². The Morgan fingerprint density at radius 2 is 1.89 bits per heavy atom. The number of benzene rings is 2. The molecule has 100 valence electrons. The topological polar surface area (TPSA) is 29.3 Å². The van der Waals surface area contributed by atoms with Crippen molar-refractivity contribution in [2.75, 3.05) is 11.9 Å². The highest BCUT2D eigenvalue weighted by atomic mass is 79.9. The molecule has 0 atom stereocenters. The summed E-state index contributed by atoms with van der Waals surface area (Å²) >= 11 is 3.53. The van der Waals surface area contributed by atoms with Crippen LogP contribution in [0.5, 0.6) is 0 Å². The second kappa shape index (κ2) is 6.17. The van der Waals surface area contributed by atoms with Gasteiger partial charge in [0.05, 0.1) is 0 Å². The van der Waals surface area contributed by atoms with Gasteiger partial charge < -0.3 is 10.6 Å². The van der Waals surface area contributed by atoms with Gasteiger partial charge in [-0.2, -0.15) is 0 Å². The zero-order valence-electron chi connectivity index (χ0n) is 10.7. The SMILES string of the molecule is CN(Cc1ccccc1Br)c1ccc(F)cc1CN. The smallest absolute Gasteiger partial charge is 0.123 e. The van der Waals surface area contributed by atoms with Gasteiger partial charge in [-0.1, -0.05) is 34.1 Å². The first-order chi connectivity index (χ1) is 9.11. The van der Waals surface area contributed by atoms with Crippen LogP contribution in [0.1, 0.15) is 11.1 Å². The Bertz CT molecular complexity index is 572. The Morgan fingerprint density at radius 1 is 1.16 bits per heavy atom. The molecule has 0 aromatic heterocycles. The van der Waals surface area contributed by atoms with E-state index in [-0.39, 0.29) is 5.82 Å². The van der Waals surface area contributed by atoms with Crippen molar-refractivity contribution in [1.82, 2.24) is 0 Å². The number of anilines is 1. The van der Waals surface area contributed by atoms with Gasteiger partial charge in [0, 0.05) is 30.3 Å². The van der Waals surface area contributed by atoms with Gasteiger partial charge in [0.25, 0.3) is 0 Å². The molecule has 0 aliphatic heterocycles. The zero-order valence-corrected chi connectivity index (χ0v) is 12.3. The third-order valence-corrected chi connectivity index (χ3v) is 3.81. The normalized spacial score (nSPS) is 10.5. The average Bonchev–Trinajstić information content (AvgIpc) is 2.41. The fraction of sp³-hybridized carbons (Fsp3) is 0.200. The molecule has 4 heteroatoms. The Balaban J connectivity index is 2.25. The standard InChI is InChI=1S/C15H16BrFN2/c1-19(10-11-4-2-3-5-14(11)16)15-7-6-13(17)8-12(15)9-18/h2-8H,9-10,18H2,1H3. The predicted molar refractivity (Wildman–Crippen MR) is 80.5 cm³/mol. The molecule has 0 aliphatic carbocycles. The summed E-state index contributed by atoms with van der Waals surface area (Å²) in [6.45, 7) is 1.06. The molecule has 0 bridgehead atoms. The van der Waals surface area contributed by atoms with E-state index in [0.29, 0.717) is 6.54 Å². The van der Waals surface area contributed by atoms with Crippen LogP contribution in [-0.2, 0) is 13.1 Å². The average molecular weight is 323 g/mol. The molecule has 2 rings (SSSR count). The van der Waals surface area contributed by atoms with Gasteiger partial charge in [-0.15, -0.1) is 0 Å². The Labute approximate surface area is 121 Å². The molecule has 2 nitrogen and oxygen atoms in total. The van der Waals surface area contributed by atoms with Crippen molar-refractivity contribution in [2.45, 2.75) is 13.1 Å². The summed E-state index contributed by atoms with van der Waals surface area (Å²) in [5.41, 5.74) is 8.63. The highest BCUT2D eigenvalue weighted by Gasteiger charge is 2.09. The molecule has 2 N–H and O–H groups in total. The molecule has 0 saturated carbocycles. The molecule has 19 heavy (non-hydrogen) atoms. The van der Waals surface area contributed by atoms with Gasteiger partial charge in [-0.05, 0) is 35.4 Å². The largest absolute Gasteiger partial charge is 0.370 e. The summed E-state index contributed by atoms with van der Waals surface area (Å²) in [6, 6.07) is 12.8. The fourth-order valence-electron chi connectivity index (χ4n) is 2.06. The van der Waals surface area contributed by atoms with Crippen LogP contribution in [0.4, 0.5) is 10.1 Å². The van der Waals surface area contributed by atoms with E-state index in [2.05, 4.69) is 26.9 Å². The molecule has 0 amide bonds. The number of nitrogens with two attached hydrogens (primary N) is 1. The number of hydrogen-bond donors (Lipinski definition) is 1. The van der Waals surface area contributed by atoms with E-state index < -0.39 is 0 Å². The van der Waals surface area contributed by atoms with Crippen molar-refractivity contribution in [2.24, 2.45) is 5.73 Å². The quantitative estimate of drug-likeness (QED) is 0.930. The number of hydrogen-bond acceptors (Lipinski definition) is 2. The summed E-state index contributed by atoms with van der Waals surface area (Å²) < 4.78 is 14.3. The van der Waals surface area contributed by atoms with Crippen LogP contribution in [0, 0.1) is 5.82 Å². The third-order valence-electron chi connectivity index (χ3n) is 3.04. The highest BCUT2D eigenvalue weighted by molar-refractivity contribution is 9.10. The van der Waals surface area contributed by atoms with Gasteiger partial charge in [0.1, 0.15) is 5.82 Å². The molecule has 0 heterocycles. The molecule has 0 spiro atoms. The third kappa shape index (κ3) is 3.33. The minimum atomic E-state index is -0.251. The van der Waals surface area contributed by atoms with E-state index >= 15 is 0 Å². The molecule has 0 saturated heterocycles. The molecular weight excluding hydrogens is 307 g/mol. The van der Waals surface area contributed by atoms with Gasteiger partial charge >= 0.3 is 0 Å². The first-order valence-electron chi connectivity index (χ1n) is 6.05. The minimum Gasteiger partial charge on any atom is -0.370 e. The lowest BCUT2D eigenvalue weighted by Crippen LogP contribution is -2.19. The summed E-state index contributed by atoms with van der Waals surface area (Å²) in [5.74, 6) is -0.251.